The van der Waals surface area contributed by atoms with Crippen molar-refractivity contribution in [3.8, 4) is 11.1 Å². The molecule has 4 rings (SSSR count). The number of hydrogen-bond acceptors (Lipinski definition) is 5. The van der Waals surface area contributed by atoms with Crippen LogP contribution in [0.4, 0.5) is 13.2 Å². The van der Waals surface area contributed by atoms with Crippen molar-refractivity contribution in [2.24, 2.45) is 10.8 Å². The Morgan fingerprint density at radius 3 is 2.52 bits per heavy atom. The van der Waals surface area contributed by atoms with Gasteiger partial charge in [-0.15, -0.1) is 0 Å². The van der Waals surface area contributed by atoms with Crippen molar-refractivity contribution in [1.29, 1.82) is 0 Å². The first-order valence-electron chi connectivity index (χ1n) is 13.1. The Morgan fingerprint density at radius 1 is 1.07 bits per heavy atom. The first-order chi connectivity index (χ1) is 20.0. The summed E-state index contributed by atoms with van der Waals surface area (Å²) in [5.41, 5.74) is 9.28. The molecule has 216 valence electrons. The summed E-state index contributed by atoms with van der Waals surface area (Å²) in [5.74, 6) is -3.68. The zero-order valence-corrected chi connectivity index (χ0v) is 23.2. The summed E-state index contributed by atoms with van der Waals surface area (Å²) < 4.78 is 42.4. The lowest BCUT2D eigenvalue weighted by atomic mass is 9.94. The molecule has 2 heterocycles. The predicted molar refractivity (Wildman–Crippen MR) is 156 cm³/mol. The standard InChI is InChI=1S/C32H30F3N5O2/c1-19-11-21(3)20(2)8-10-40(38-17-19)18-30(41)39-29(14-22-12-24(33)16-25(34)13-22)31-26(5-4-9-37-31)23-6-7-28(35)27(15-23)32(36)42/h4-9,11-13,15-17,29H,1,10,14,18H2,2-3H3,(H2,36,42)(H,39,41)/b20-8-,21-11-,38-17-/t29-/m0/s1. The van der Waals surface area contributed by atoms with Gasteiger partial charge in [0, 0.05) is 17.8 Å². The molecular formula is C32H30F3N5O2. The first kappa shape index (κ1) is 30.0. The highest BCUT2D eigenvalue weighted by molar-refractivity contribution is 5.94. The average molecular weight is 574 g/mol. The van der Waals surface area contributed by atoms with E-state index in [1.165, 1.54) is 30.5 Å². The highest BCUT2D eigenvalue weighted by Gasteiger charge is 2.23. The van der Waals surface area contributed by atoms with E-state index in [0.29, 0.717) is 28.9 Å². The minimum atomic E-state index is -0.943. The number of allylic oxidation sites excluding steroid dienone is 4. The van der Waals surface area contributed by atoms with Gasteiger partial charge in [-0.05, 0) is 72.9 Å². The molecule has 3 N–H and O–H groups in total. The molecule has 1 aromatic heterocycles. The summed E-state index contributed by atoms with van der Waals surface area (Å²) in [6.45, 7) is 8.11. The van der Waals surface area contributed by atoms with E-state index in [1.807, 2.05) is 26.0 Å². The molecule has 1 atom stereocenters. The van der Waals surface area contributed by atoms with Crippen LogP contribution in [0.25, 0.3) is 11.1 Å². The van der Waals surface area contributed by atoms with Crippen molar-refractivity contribution in [2.45, 2.75) is 26.3 Å². The van der Waals surface area contributed by atoms with E-state index in [2.05, 4.69) is 22.0 Å². The molecule has 42 heavy (non-hydrogen) atoms. The largest absolute Gasteiger partial charge is 0.366 e. The van der Waals surface area contributed by atoms with Gasteiger partial charge in [-0.1, -0.05) is 36.4 Å². The number of hydrogen-bond donors (Lipinski definition) is 2. The first-order valence-corrected chi connectivity index (χ1v) is 13.1. The van der Waals surface area contributed by atoms with E-state index < -0.39 is 35.3 Å². The summed E-state index contributed by atoms with van der Waals surface area (Å²) in [5, 5.41) is 8.87. The number of nitrogens with two attached hydrogens (primary N) is 1. The topological polar surface area (TPSA) is 101 Å². The van der Waals surface area contributed by atoms with Gasteiger partial charge in [0.2, 0.25) is 5.91 Å². The quantitative estimate of drug-likeness (QED) is 0.376. The van der Waals surface area contributed by atoms with Crippen LogP contribution in [0.2, 0.25) is 0 Å². The van der Waals surface area contributed by atoms with Gasteiger partial charge >= 0.3 is 0 Å². The fraction of sp³-hybridized carbons (Fsp3) is 0.188. The minimum absolute atomic E-state index is 0.0174. The van der Waals surface area contributed by atoms with E-state index in [1.54, 1.807) is 23.4 Å². The van der Waals surface area contributed by atoms with Crippen LogP contribution in [0, 0.1) is 17.5 Å². The van der Waals surface area contributed by atoms with Crippen molar-refractivity contribution in [1.82, 2.24) is 15.3 Å². The lowest BCUT2D eigenvalue weighted by Crippen LogP contribution is -2.38. The summed E-state index contributed by atoms with van der Waals surface area (Å²) in [6.07, 6.45) is 6.90. The number of carbonyl (C=O) groups excluding carboxylic acids is 2. The number of rotatable bonds is 8. The number of hydrazone groups is 1. The van der Waals surface area contributed by atoms with Gasteiger partial charge in [0.25, 0.3) is 5.91 Å². The molecule has 0 bridgehead atoms. The van der Waals surface area contributed by atoms with Crippen LogP contribution < -0.4 is 11.1 Å². The monoisotopic (exact) mass is 573 g/mol. The molecule has 2 aromatic carbocycles. The van der Waals surface area contributed by atoms with E-state index in [4.69, 9.17) is 5.73 Å². The fourth-order valence-corrected chi connectivity index (χ4v) is 4.55. The molecule has 2 amide bonds. The number of carbonyl (C=O) groups is 2. The Morgan fingerprint density at radius 2 is 1.81 bits per heavy atom. The van der Waals surface area contributed by atoms with Gasteiger partial charge in [-0.25, -0.2) is 13.2 Å². The molecule has 0 spiro atoms. The third kappa shape index (κ3) is 7.60. The second kappa shape index (κ2) is 13.1. The molecule has 0 saturated heterocycles. The Labute approximate surface area is 241 Å². The second-order valence-corrected chi connectivity index (χ2v) is 9.98. The summed E-state index contributed by atoms with van der Waals surface area (Å²) in [7, 11) is 0. The molecule has 0 aliphatic carbocycles. The minimum Gasteiger partial charge on any atom is -0.366 e. The zero-order valence-electron chi connectivity index (χ0n) is 23.2. The summed E-state index contributed by atoms with van der Waals surface area (Å²) in [4.78, 5) is 29.7. The van der Waals surface area contributed by atoms with Crippen LogP contribution in [-0.2, 0) is 11.2 Å². The van der Waals surface area contributed by atoms with Crippen LogP contribution in [-0.4, -0.2) is 41.1 Å². The smallest absolute Gasteiger partial charge is 0.251 e. The zero-order chi connectivity index (χ0) is 30.4. The van der Waals surface area contributed by atoms with Gasteiger partial charge < -0.3 is 11.1 Å². The van der Waals surface area contributed by atoms with Crippen molar-refractivity contribution >= 4 is 18.0 Å². The molecule has 7 nitrogen and oxygen atoms in total. The highest BCUT2D eigenvalue weighted by Crippen LogP contribution is 2.30. The third-order valence-corrected chi connectivity index (χ3v) is 6.75. The molecule has 1 aliphatic heterocycles. The Bertz CT molecular complexity index is 1610. The maximum absolute atomic E-state index is 14.2. The van der Waals surface area contributed by atoms with Gasteiger partial charge in [-0.3, -0.25) is 19.6 Å². The van der Waals surface area contributed by atoms with Crippen LogP contribution >= 0.6 is 0 Å². The molecule has 0 saturated carbocycles. The number of nitrogens with zero attached hydrogens (tertiary/aromatic N) is 3. The number of benzene rings is 2. The Balaban J connectivity index is 1.69. The Hall–Kier alpha value is -4.99. The van der Waals surface area contributed by atoms with Gasteiger partial charge in [0.05, 0.1) is 30.1 Å². The third-order valence-electron chi connectivity index (χ3n) is 6.75. The van der Waals surface area contributed by atoms with Crippen LogP contribution in [0.15, 0.2) is 95.3 Å². The lowest BCUT2D eigenvalue weighted by molar-refractivity contribution is -0.122. The number of halogens is 3. The molecule has 0 unspecified atom stereocenters. The average Bonchev–Trinajstić information content (AvgIpc) is 2.98. The predicted octanol–water partition coefficient (Wildman–Crippen LogP) is 5.42. The van der Waals surface area contributed by atoms with E-state index in [-0.39, 0.29) is 24.1 Å². The molecule has 3 aromatic rings. The van der Waals surface area contributed by atoms with Crippen molar-refractivity contribution in [2.75, 3.05) is 13.1 Å². The molecular weight excluding hydrogens is 543 g/mol. The molecule has 0 radical (unpaired) electrons. The van der Waals surface area contributed by atoms with Crippen LogP contribution in [0.5, 0.6) is 0 Å². The lowest BCUT2D eigenvalue weighted by Gasteiger charge is -2.24. The maximum Gasteiger partial charge on any atom is 0.251 e. The summed E-state index contributed by atoms with van der Waals surface area (Å²) >= 11 is 0. The molecule has 0 fully saturated rings. The number of amides is 2. The number of aromatic nitrogens is 1. The van der Waals surface area contributed by atoms with Crippen LogP contribution in [0.1, 0.15) is 41.5 Å². The fourth-order valence-electron chi connectivity index (χ4n) is 4.55. The van der Waals surface area contributed by atoms with Crippen molar-refractivity contribution in [3.05, 3.63) is 124 Å². The van der Waals surface area contributed by atoms with E-state index in [9.17, 15) is 22.8 Å². The maximum atomic E-state index is 14.2. The molecule has 10 heteroatoms. The molecule has 1 aliphatic rings. The van der Waals surface area contributed by atoms with Crippen molar-refractivity contribution in [3.63, 3.8) is 0 Å². The van der Waals surface area contributed by atoms with Crippen molar-refractivity contribution < 1.29 is 22.8 Å². The van der Waals surface area contributed by atoms with Gasteiger partial charge in [0.1, 0.15) is 24.0 Å². The number of nitrogens with one attached hydrogen (secondary N) is 1. The van der Waals surface area contributed by atoms with E-state index >= 15 is 0 Å². The second-order valence-electron chi connectivity index (χ2n) is 9.98. The highest BCUT2D eigenvalue weighted by atomic mass is 19.1. The SMILES string of the molecule is C=C1/C=N\N(CC(=O)N[C@@H](Cc2cc(F)cc(F)c2)c2ncccc2-c2ccc(F)c(C(N)=O)c2)C/C=C(C)\C(C)=C/1. The van der Waals surface area contributed by atoms with Gasteiger partial charge in [-0.2, -0.15) is 5.10 Å². The summed E-state index contributed by atoms with van der Waals surface area (Å²) in [6, 6.07) is 9.44. The van der Waals surface area contributed by atoms with E-state index in [0.717, 1.165) is 23.3 Å². The van der Waals surface area contributed by atoms with Crippen LogP contribution in [0.3, 0.4) is 0 Å². The van der Waals surface area contributed by atoms with Gasteiger partial charge in [0.15, 0.2) is 0 Å². The number of primary amides is 1. The normalized spacial score (nSPS) is 17.5. The Kier molecular flexibility index (Phi) is 9.36. The number of pyridine rings is 1.